The van der Waals surface area contributed by atoms with Gasteiger partial charge in [-0.2, -0.15) is 0 Å². The van der Waals surface area contributed by atoms with Gasteiger partial charge in [0.15, 0.2) is 0 Å². The molecule has 0 aromatic heterocycles. The van der Waals surface area contributed by atoms with E-state index in [1.807, 2.05) is 0 Å². The Balaban J connectivity index is 2.05. The Morgan fingerprint density at radius 3 is 2.56 bits per heavy atom. The SMILES string of the molecule is O=C(O)c1c(NS(=O)(=O)c2ccc(Cl)c([N+](=O)[O-])c2)ccc2c1CCCC2. The molecular weight excluding hydrogens is 396 g/mol. The van der Waals surface area contributed by atoms with Crippen LogP contribution in [0.2, 0.25) is 5.02 Å². The van der Waals surface area contributed by atoms with Crippen molar-refractivity contribution in [2.75, 3.05) is 4.72 Å². The number of nitro benzene ring substituents is 1. The molecule has 1 aliphatic carbocycles. The van der Waals surface area contributed by atoms with Crippen LogP contribution in [-0.2, 0) is 22.9 Å². The topological polar surface area (TPSA) is 127 Å². The maximum atomic E-state index is 12.7. The molecule has 0 saturated heterocycles. The number of benzene rings is 2. The second-order valence-corrected chi connectivity index (χ2v) is 8.20. The van der Waals surface area contributed by atoms with Crippen LogP contribution in [-0.4, -0.2) is 24.4 Å². The largest absolute Gasteiger partial charge is 0.478 e. The summed E-state index contributed by atoms with van der Waals surface area (Å²) in [6, 6.07) is 6.19. The quantitative estimate of drug-likeness (QED) is 0.572. The molecule has 2 aromatic carbocycles. The minimum absolute atomic E-state index is 0.0687. The zero-order valence-corrected chi connectivity index (χ0v) is 15.5. The molecule has 0 spiro atoms. The number of carboxylic acid groups (broad SMARTS) is 1. The van der Waals surface area contributed by atoms with Gasteiger partial charge in [0, 0.05) is 6.07 Å². The minimum Gasteiger partial charge on any atom is -0.478 e. The smallest absolute Gasteiger partial charge is 0.338 e. The van der Waals surface area contributed by atoms with E-state index < -0.39 is 26.6 Å². The average molecular weight is 411 g/mol. The lowest BCUT2D eigenvalue weighted by molar-refractivity contribution is -0.384. The van der Waals surface area contributed by atoms with Gasteiger partial charge in [0.1, 0.15) is 5.02 Å². The molecule has 0 radical (unpaired) electrons. The standard InChI is InChI=1S/C17H15ClN2O6S/c18-13-7-6-11(9-15(13)20(23)24)27(25,26)19-14-8-5-10-3-1-2-4-12(10)16(14)17(21)22/h5-9,19H,1-4H2,(H,21,22). The van der Waals surface area contributed by atoms with Gasteiger partial charge < -0.3 is 5.11 Å². The van der Waals surface area contributed by atoms with Crippen molar-refractivity contribution in [3.05, 3.63) is 62.2 Å². The molecule has 27 heavy (non-hydrogen) atoms. The van der Waals surface area contributed by atoms with Gasteiger partial charge in [-0.15, -0.1) is 0 Å². The summed E-state index contributed by atoms with van der Waals surface area (Å²) >= 11 is 5.71. The van der Waals surface area contributed by atoms with E-state index in [1.54, 1.807) is 6.07 Å². The molecule has 2 aromatic rings. The van der Waals surface area contributed by atoms with Crippen molar-refractivity contribution >= 4 is 39.0 Å². The fraction of sp³-hybridized carbons (Fsp3) is 0.235. The van der Waals surface area contributed by atoms with E-state index in [4.69, 9.17) is 11.6 Å². The maximum Gasteiger partial charge on any atom is 0.338 e. The monoisotopic (exact) mass is 410 g/mol. The first-order chi connectivity index (χ1) is 12.7. The van der Waals surface area contributed by atoms with Gasteiger partial charge in [-0.3, -0.25) is 14.8 Å². The maximum absolute atomic E-state index is 12.7. The normalized spacial score (nSPS) is 13.7. The molecule has 0 fully saturated rings. The van der Waals surface area contributed by atoms with Gasteiger partial charge >= 0.3 is 5.97 Å². The summed E-state index contributed by atoms with van der Waals surface area (Å²) in [6.45, 7) is 0. The van der Waals surface area contributed by atoms with Gasteiger partial charge in [-0.25, -0.2) is 13.2 Å². The summed E-state index contributed by atoms with van der Waals surface area (Å²) in [5, 5.41) is 20.4. The van der Waals surface area contributed by atoms with E-state index in [0.717, 1.165) is 43.0 Å². The Bertz CT molecular complexity index is 1050. The van der Waals surface area contributed by atoms with Crippen LogP contribution < -0.4 is 4.72 Å². The number of nitrogens with one attached hydrogen (secondary N) is 1. The molecule has 2 N–H and O–H groups in total. The molecule has 3 rings (SSSR count). The molecule has 0 bridgehead atoms. The van der Waals surface area contributed by atoms with Crippen molar-refractivity contribution < 1.29 is 23.2 Å². The second-order valence-electron chi connectivity index (χ2n) is 6.11. The molecule has 10 heteroatoms. The van der Waals surface area contributed by atoms with Crippen LogP contribution in [0.5, 0.6) is 0 Å². The van der Waals surface area contributed by atoms with E-state index in [2.05, 4.69) is 4.72 Å². The molecule has 1 aliphatic rings. The van der Waals surface area contributed by atoms with E-state index in [9.17, 15) is 28.4 Å². The summed E-state index contributed by atoms with van der Waals surface area (Å²) < 4.78 is 27.6. The van der Waals surface area contributed by atoms with Crippen LogP contribution >= 0.6 is 11.6 Å². The number of aryl methyl sites for hydroxylation is 1. The highest BCUT2D eigenvalue weighted by Gasteiger charge is 2.26. The summed E-state index contributed by atoms with van der Waals surface area (Å²) in [7, 11) is -4.25. The van der Waals surface area contributed by atoms with Crippen LogP contribution in [0.25, 0.3) is 0 Å². The third kappa shape index (κ3) is 3.74. The zero-order chi connectivity index (χ0) is 19.8. The van der Waals surface area contributed by atoms with Crippen LogP contribution in [0.1, 0.15) is 34.3 Å². The molecule has 8 nitrogen and oxygen atoms in total. The number of hydrogen-bond donors (Lipinski definition) is 2. The van der Waals surface area contributed by atoms with E-state index >= 15 is 0 Å². The van der Waals surface area contributed by atoms with Crippen LogP contribution in [0.15, 0.2) is 35.2 Å². The Hall–Kier alpha value is -2.65. The van der Waals surface area contributed by atoms with Crippen molar-refractivity contribution in [3.8, 4) is 0 Å². The zero-order valence-electron chi connectivity index (χ0n) is 13.9. The third-order valence-electron chi connectivity index (χ3n) is 4.42. The highest BCUT2D eigenvalue weighted by Crippen LogP contribution is 2.32. The van der Waals surface area contributed by atoms with Crippen molar-refractivity contribution in [3.63, 3.8) is 0 Å². The van der Waals surface area contributed by atoms with Crippen LogP contribution in [0.4, 0.5) is 11.4 Å². The predicted octanol–water partition coefficient (Wildman–Crippen LogP) is 3.63. The number of aromatic carboxylic acids is 1. The highest BCUT2D eigenvalue weighted by atomic mass is 35.5. The van der Waals surface area contributed by atoms with E-state index in [1.165, 1.54) is 6.07 Å². The molecule has 0 heterocycles. The Morgan fingerprint density at radius 1 is 1.19 bits per heavy atom. The number of halogens is 1. The average Bonchev–Trinajstić information content (AvgIpc) is 2.60. The van der Waals surface area contributed by atoms with Gasteiger partial charge in [-0.05, 0) is 55.0 Å². The molecule has 142 valence electrons. The number of fused-ring (bicyclic) bond motifs is 1. The van der Waals surface area contributed by atoms with Crippen molar-refractivity contribution in [1.82, 2.24) is 0 Å². The number of nitro groups is 1. The fourth-order valence-corrected chi connectivity index (χ4v) is 4.44. The third-order valence-corrected chi connectivity index (χ3v) is 6.10. The molecule has 0 saturated carbocycles. The number of sulfonamides is 1. The molecule has 0 unspecified atom stereocenters. The summed E-state index contributed by atoms with van der Waals surface area (Å²) in [6.07, 6.45) is 3.07. The number of nitrogens with zero attached hydrogens (tertiary/aromatic N) is 1. The minimum atomic E-state index is -4.25. The number of carbonyl (C=O) groups is 1. The van der Waals surface area contributed by atoms with Crippen LogP contribution in [0, 0.1) is 10.1 Å². The van der Waals surface area contributed by atoms with Gasteiger partial charge in [0.2, 0.25) is 0 Å². The van der Waals surface area contributed by atoms with Gasteiger partial charge in [0.25, 0.3) is 15.7 Å². The summed E-state index contributed by atoms with van der Waals surface area (Å²) in [5.41, 5.74) is 0.809. The number of anilines is 1. The first-order valence-corrected chi connectivity index (χ1v) is 9.91. The number of hydrogen-bond acceptors (Lipinski definition) is 5. The number of carboxylic acids is 1. The van der Waals surface area contributed by atoms with Gasteiger partial charge in [-0.1, -0.05) is 17.7 Å². The Kier molecular flexibility index (Phi) is 5.07. The summed E-state index contributed by atoms with van der Waals surface area (Å²) in [4.78, 5) is 21.6. The first-order valence-electron chi connectivity index (χ1n) is 8.05. The second kappa shape index (κ2) is 7.16. The van der Waals surface area contributed by atoms with E-state index in [-0.39, 0.29) is 21.2 Å². The van der Waals surface area contributed by atoms with Crippen LogP contribution in [0.3, 0.4) is 0 Å². The van der Waals surface area contributed by atoms with Crippen molar-refractivity contribution in [2.24, 2.45) is 0 Å². The number of rotatable bonds is 5. The molecule has 0 atom stereocenters. The first kappa shape index (κ1) is 19.1. The lowest BCUT2D eigenvalue weighted by atomic mass is 9.87. The van der Waals surface area contributed by atoms with Gasteiger partial charge in [0.05, 0.1) is 21.1 Å². The Morgan fingerprint density at radius 2 is 1.89 bits per heavy atom. The van der Waals surface area contributed by atoms with Crippen molar-refractivity contribution in [2.45, 2.75) is 30.6 Å². The molecule has 0 aliphatic heterocycles. The Labute approximate surface area is 160 Å². The van der Waals surface area contributed by atoms with E-state index in [0.29, 0.717) is 12.0 Å². The summed E-state index contributed by atoms with van der Waals surface area (Å²) in [5.74, 6) is -1.23. The lowest BCUT2D eigenvalue weighted by Gasteiger charge is -2.20. The molecule has 0 amide bonds. The molecular formula is C17H15ClN2O6S. The fourth-order valence-electron chi connectivity index (χ4n) is 3.16. The van der Waals surface area contributed by atoms with Crippen molar-refractivity contribution in [1.29, 1.82) is 0 Å². The predicted molar refractivity (Wildman–Crippen MR) is 99.0 cm³/mol. The highest BCUT2D eigenvalue weighted by molar-refractivity contribution is 7.92. The lowest BCUT2D eigenvalue weighted by Crippen LogP contribution is -2.18.